The molecule has 152 valence electrons. The van der Waals surface area contributed by atoms with Crippen molar-refractivity contribution < 1.29 is 9.63 Å². The molecule has 0 aliphatic heterocycles. The summed E-state index contributed by atoms with van der Waals surface area (Å²) >= 11 is 5.85. The van der Waals surface area contributed by atoms with Gasteiger partial charge in [-0.25, -0.2) is 4.98 Å². The van der Waals surface area contributed by atoms with Gasteiger partial charge in [0.25, 0.3) is 5.89 Å². The number of aryl methyl sites for hydroxylation is 1. The maximum atomic E-state index is 10.5. The number of hydrogen-bond donors (Lipinski definition) is 1. The van der Waals surface area contributed by atoms with Crippen LogP contribution in [0.5, 0.6) is 0 Å². The number of nitrogens with zero attached hydrogens (tertiary/aromatic N) is 5. The topological polar surface area (TPSA) is 89.9 Å². The summed E-state index contributed by atoms with van der Waals surface area (Å²) in [6.07, 6.45) is 4.42. The molecule has 0 unspecified atom stereocenters. The summed E-state index contributed by atoms with van der Waals surface area (Å²) in [6, 6.07) is 13.3. The van der Waals surface area contributed by atoms with E-state index in [1.807, 2.05) is 48.0 Å². The van der Waals surface area contributed by atoms with Gasteiger partial charge >= 0.3 is 0 Å². The smallest absolute Gasteiger partial charge is 0.278 e. The zero-order valence-corrected chi connectivity index (χ0v) is 17.2. The Morgan fingerprint density at radius 3 is 2.63 bits per heavy atom. The molecule has 0 atom stereocenters. The summed E-state index contributed by atoms with van der Waals surface area (Å²) in [5, 5.41) is 19.6. The van der Waals surface area contributed by atoms with Crippen molar-refractivity contribution in [2.24, 2.45) is 0 Å². The maximum absolute atomic E-state index is 10.5. The van der Waals surface area contributed by atoms with Crippen LogP contribution in [0.3, 0.4) is 0 Å². The van der Waals surface area contributed by atoms with Crippen LogP contribution in [0.4, 0.5) is 0 Å². The van der Waals surface area contributed by atoms with E-state index >= 15 is 0 Å². The minimum absolute atomic E-state index is 0.364. The molecular formula is C22H20ClN5O2. The van der Waals surface area contributed by atoms with E-state index in [2.05, 4.69) is 20.2 Å². The third-order valence-corrected chi connectivity index (χ3v) is 5.83. The van der Waals surface area contributed by atoms with E-state index in [1.54, 1.807) is 12.3 Å². The number of halogens is 1. The minimum atomic E-state index is -0.676. The molecular weight excluding hydrogens is 402 g/mol. The van der Waals surface area contributed by atoms with Crippen molar-refractivity contribution >= 4 is 11.6 Å². The summed E-state index contributed by atoms with van der Waals surface area (Å²) in [5.41, 5.74) is 3.68. The first-order valence-electron chi connectivity index (χ1n) is 9.82. The third-order valence-electron chi connectivity index (χ3n) is 5.61. The maximum Gasteiger partial charge on any atom is 0.278 e. The molecule has 0 bridgehead atoms. The summed E-state index contributed by atoms with van der Waals surface area (Å²) in [4.78, 5) is 8.61. The predicted octanol–water partition coefficient (Wildman–Crippen LogP) is 4.38. The fourth-order valence-corrected chi connectivity index (χ4v) is 3.73. The molecule has 1 N–H and O–H groups in total. The van der Waals surface area contributed by atoms with Crippen molar-refractivity contribution in [2.45, 2.75) is 38.3 Å². The van der Waals surface area contributed by atoms with E-state index in [0.717, 1.165) is 41.6 Å². The fourth-order valence-electron chi connectivity index (χ4n) is 3.62. The van der Waals surface area contributed by atoms with Crippen LogP contribution < -0.4 is 0 Å². The second-order valence-corrected chi connectivity index (χ2v) is 8.09. The van der Waals surface area contributed by atoms with Crippen molar-refractivity contribution in [3.05, 3.63) is 70.6 Å². The number of aromatic nitrogens is 5. The fraction of sp³-hybridized carbons (Fsp3) is 0.273. The number of pyridine rings is 1. The molecule has 0 saturated heterocycles. The standard InChI is InChI=1S/C22H20ClN5O2/c1-14-11-18(26-28(14)13-15-3-8-19(23)24-12-15)21-25-20(27-30-21)16-4-6-17(7-5-16)22(29)9-2-10-22/h3-8,11-12,29H,2,9-10,13H2,1H3. The monoisotopic (exact) mass is 421 g/mol. The van der Waals surface area contributed by atoms with Gasteiger partial charge in [0.1, 0.15) is 5.15 Å². The molecule has 5 rings (SSSR count). The van der Waals surface area contributed by atoms with Gasteiger partial charge in [-0.2, -0.15) is 10.1 Å². The first-order chi connectivity index (χ1) is 14.5. The first-order valence-corrected chi connectivity index (χ1v) is 10.2. The van der Waals surface area contributed by atoms with Crippen LogP contribution in [0.25, 0.3) is 23.0 Å². The molecule has 8 heteroatoms. The first kappa shape index (κ1) is 19.0. The highest BCUT2D eigenvalue weighted by Gasteiger charge is 2.36. The van der Waals surface area contributed by atoms with Gasteiger partial charge in [-0.15, -0.1) is 0 Å². The molecule has 1 saturated carbocycles. The summed E-state index contributed by atoms with van der Waals surface area (Å²) in [6.45, 7) is 2.54. The Kier molecular flexibility index (Phi) is 4.64. The van der Waals surface area contributed by atoms with Crippen LogP contribution in [-0.4, -0.2) is 30.0 Å². The second-order valence-electron chi connectivity index (χ2n) is 7.70. The third kappa shape index (κ3) is 3.51. The Hall–Kier alpha value is -3.03. The molecule has 30 heavy (non-hydrogen) atoms. The normalized spacial score (nSPS) is 15.2. The van der Waals surface area contributed by atoms with Gasteiger partial charge in [0.05, 0.1) is 12.1 Å². The van der Waals surface area contributed by atoms with Gasteiger partial charge in [-0.05, 0) is 49.4 Å². The molecule has 1 aliphatic rings. The van der Waals surface area contributed by atoms with Gasteiger partial charge in [0.15, 0.2) is 5.69 Å². The molecule has 7 nitrogen and oxygen atoms in total. The molecule has 1 aliphatic carbocycles. The lowest BCUT2D eigenvalue weighted by Crippen LogP contribution is -2.33. The predicted molar refractivity (Wildman–Crippen MR) is 112 cm³/mol. The van der Waals surface area contributed by atoms with E-state index < -0.39 is 5.60 Å². The van der Waals surface area contributed by atoms with E-state index in [9.17, 15) is 5.11 Å². The highest BCUT2D eigenvalue weighted by molar-refractivity contribution is 6.29. The largest absolute Gasteiger partial charge is 0.385 e. The molecule has 4 aromatic rings. The van der Waals surface area contributed by atoms with Crippen LogP contribution in [0.2, 0.25) is 5.15 Å². The summed E-state index contributed by atoms with van der Waals surface area (Å²) < 4.78 is 7.31. The highest BCUT2D eigenvalue weighted by Crippen LogP contribution is 2.41. The highest BCUT2D eigenvalue weighted by atomic mass is 35.5. The SMILES string of the molecule is Cc1cc(-c2nc(-c3ccc(C4(O)CCC4)cc3)no2)nn1Cc1ccc(Cl)nc1. The van der Waals surface area contributed by atoms with Crippen molar-refractivity contribution in [3.8, 4) is 23.0 Å². The molecule has 3 aromatic heterocycles. The van der Waals surface area contributed by atoms with Gasteiger partial charge < -0.3 is 9.63 Å². The van der Waals surface area contributed by atoms with Gasteiger partial charge in [0.2, 0.25) is 5.82 Å². The zero-order valence-electron chi connectivity index (χ0n) is 16.4. The Bertz CT molecular complexity index is 1180. The van der Waals surface area contributed by atoms with Crippen LogP contribution in [0.15, 0.2) is 53.2 Å². The van der Waals surface area contributed by atoms with Crippen molar-refractivity contribution in [3.63, 3.8) is 0 Å². The van der Waals surface area contributed by atoms with E-state index in [1.165, 1.54) is 0 Å². The second kappa shape index (κ2) is 7.34. The molecule has 0 spiro atoms. The van der Waals surface area contributed by atoms with Crippen LogP contribution in [-0.2, 0) is 12.1 Å². The summed E-state index contributed by atoms with van der Waals surface area (Å²) in [7, 11) is 0. The lowest BCUT2D eigenvalue weighted by Gasteiger charge is -2.37. The van der Waals surface area contributed by atoms with Crippen molar-refractivity contribution in [2.75, 3.05) is 0 Å². The molecule has 0 amide bonds. The Morgan fingerprint density at radius 1 is 1.17 bits per heavy atom. The molecule has 3 heterocycles. The Morgan fingerprint density at radius 2 is 1.97 bits per heavy atom. The average Bonchev–Trinajstić information content (AvgIpc) is 3.35. The summed E-state index contributed by atoms with van der Waals surface area (Å²) in [5.74, 6) is 0.856. The van der Waals surface area contributed by atoms with Gasteiger partial charge in [-0.1, -0.05) is 47.1 Å². The van der Waals surface area contributed by atoms with Gasteiger partial charge in [-0.3, -0.25) is 4.68 Å². The lowest BCUT2D eigenvalue weighted by atomic mass is 9.75. The Labute approximate surface area is 178 Å². The van der Waals surface area contributed by atoms with E-state index in [0.29, 0.717) is 29.1 Å². The van der Waals surface area contributed by atoms with Crippen molar-refractivity contribution in [1.29, 1.82) is 0 Å². The lowest BCUT2D eigenvalue weighted by molar-refractivity contribution is -0.0387. The van der Waals surface area contributed by atoms with Crippen molar-refractivity contribution in [1.82, 2.24) is 24.9 Å². The number of rotatable bonds is 5. The van der Waals surface area contributed by atoms with E-state index in [-0.39, 0.29) is 0 Å². The number of aliphatic hydroxyl groups is 1. The van der Waals surface area contributed by atoms with Gasteiger partial charge in [0, 0.05) is 17.5 Å². The van der Waals surface area contributed by atoms with E-state index in [4.69, 9.17) is 16.1 Å². The molecule has 1 aromatic carbocycles. The zero-order chi connectivity index (χ0) is 20.7. The quantitative estimate of drug-likeness (QED) is 0.481. The number of benzene rings is 1. The Balaban J connectivity index is 1.36. The molecule has 0 radical (unpaired) electrons. The number of hydrogen-bond acceptors (Lipinski definition) is 6. The average molecular weight is 422 g/mol. The van der Waals surface area contributed by atoms with Crippen LogP contribution >= 0.6 is 11.6 Å². The molecule has 1 fully saturated rings. The minimum Gasteiger partial charge on any atom is -0.385 e. The van der Waals surface area contributed by atoms with Crippen LogP contribution in [0.1, 0.15) is 36.1 Å². The van der Waals surface area contributed by atoms with Crippen LogP contribution in [0, 0.1) is 6.92 Å².